The van der Waals surface area contributed by atoms with Crippen molar-refractivity contribution in [1.29, 1.82) is 0 Å². The maximum Gasteiger partial charge on any atom is 0.326 e. The molecule has 0 aliphatic rings. The van der Waals surface area contributed by atoms with Gasteiger partial charge in [0.15, 0.2) is 0 Å². The number of hydrogen-bond acceptors (Lipinski definition) is 6. The molecule has 3 atom stereocenters. The molecular weight excluding hydrogens is 510 g/mol. The Morgan fingerprint density at radius 3 is 2.69 bits per heavy atom. The molecule has 3 aromatic rings. The molecule has 8 nitrogen and oxygen atoms in total. The number of thioether (sulfide) groups is 1. The smallest absolute Gasteiger partial charge is 0.326 e. The van der Waals surface area contributed by atoms with Gasteiger partial charge in [0, 0.05) is 31.0 Å². The number of aryl methyl sites for hydroxylation is 1. The molecule has 2 aromatic carbocycles. The predicted molar refractivity (Wildman–Crippen MR) is 160 cm³/mol. The van der Waals surface area contributed by atoms with Gasteiger partial charge < -0.3 is 20.7 Å². The minimum Gasteiger partial charge on any atom is -0.480 e. The molecule has 0 fully saturated rings. The van der Waals surface area contributed by atoms with Crippen LogP contribution in [0.1, 0.15) is 44.4 Å². The van der Waals surface area contributed by atoms with Crippen molar-refractivity contribution in [1.82, 2.24) is 25.5 Å². The van der Waals surface area contributed by atoms with Gasteiger partial charge in [-0.1, -0.05) is 62.7 Å². The van der Waals surface area contributed by atoms with Crippen molar-refractivity contribution in [3.63, 3.8) is 0 Å². The van der Waals surface area contributed by atoms with Gasteiger partial charge in [-0.2, -0.15) is 11.8 Å². The van der Waals surface area contributed by atoms with Gasteiger partial charge >= 0.3 is 5.97 Å². The van der Waals surface area contributed by atoms with E-state index in [1.807, 2.05) is 24.6 Å². The SMILES string of the molecule is CCC(C)C(CN(CC(=O)NC(CCSC)C(=O)O)Cc1cccc2ccccc12)NCCCc1cnc[nH]1. The van der Waals surface area contributed by atoms with Crippen LogP contribution in [-0.4, -0.2) is 75.6 Å². The number of aliphatic carboxylic acids is 1. The number of amides is 1. The zero-order valence-electron chi connectivity index (χ0n) is 23.4. The molecule has 0 radical (unpaired) electrons. The molecule has 1 aromatic heterocycles. The first-order valence-corrected chi connectivity index (χ1v) is 15.2. The number of fused-ring (bicyclic) bond motifs is 1. The summed E-state index contributed by atoms with van der Waals surface area (Å²) in [5.41, 5.74) is 2.28. The third-order valence-corrected chi connectivity index (χ3v) is 7.90. The molecule has 0 saturated heterocycles. The van der Waals surface area contributed by atoms with Gasteiger partial charge in [0.25, 0.3) is 0 Å². The van der Waals surface area contributed by atoms with Crippen LogP contribution in [0.2, 0.25) is 0 Å². The van der Waals surface area contributed by atoms with E-state index in [-0.39, 0.29) is 18.5 Å². The summed E-state index contributed by atoms with van der Waals surface area (Å²) in [5.74, 6) is -0.168. The number of rotatable bonds is 18. The Bertz CT molecular complexity index is 1150. The molecule has 1 heterocycles. The van der Waals surface area contributed by atoms with Crippen molar-refractivity contribution < 1.29 is 14.7 Å². The van der Waals surface area contributed by atoms with E-state index in [2.05, 4.69) is 69.7 Å². The molecule has 0 saturated carbocycles. The van der Waals surface area contributed by atoms with Crippen LogP contribution in [-0.2, 0) is 22.6 Å². The van der Waals surface area contributed by atoms with E-state index in [1.165, 1.54) is 5.39 Å². The van der Waals surface area contributed by atoms with Crippen molar-refractivity contribution >= 4 is 34.4 Å². The van der Waals surface area contributed by atoms with Crippen LogP contribution in [0.15, 0.2) is 55.0 Å². The number of H-pyrrole nitrogens is 1. The van der Waals surface area contributed by atoms with E-state index in [1.54, 1.807) is 18.1 Å². The summed E-state index contributed by atoms with van der Waals surface area (Å²) in [4.78, 5) is 34.3. The summed E-state index contributed by atoms with van der Waals surface area (Å²) in [7, 11) is 0. The molecule has 0 spiro atoms. The van der Waals surface area contributed by atoms with E-state index in [0.717, 1.165) is 42.5 Å². The third kappa shape index (κ3) is 9.98. The lowest BCUT2D eigenvalue weighted by Gasteiger charge is -2.32. The summed E-state index contributed by atoms with van der Waals surface area (Å²) in [6, 6.07) is 13.9. The van der Waals surface area contributed by atoms with Crippen molar-refractivity contribution in [3.8, 4) is 0 Å². The summed E-state index contributed by atoms with van der Waals surface area (Å²) >= 11 is 1.57. The monoisotopic (exact) mass is 553 g/mol. The largest absolute Gasteiger partial charge is 0.480 e. The fourth-order valence-electron chi connectivity index (χ4n) is 4.79. The van der Waals surface area contributed by atoms with Gasteiger partial charge in [-0.3, -0.25) is 9.69 Å². The van der Waals surface area contributed by atoms with E-state index in [4.69, 9.17) is 0 Å². The molecule has 3 rings (SSSR count). The number of carbonyl (C=O) groups excluding carboxylic acids is 1. The average Bonchev–Trinajstić information content (AvgIpc) is 3.46. The van der Waals surface area contributed by atoms with Crippen LogP contribution in [0.25, 0.3) is 10.8 Å². The summed E-state index contributed by atoms with van der Waals surface area (Å²) in [5, 5.41) is 18.5. The van der Waals surface area contributed by atoms with Crippen molar-refractivity contribution in [2.45, 2.75) is 58.2 Å². The Kier molecular flexibility index (Phi) is 12.8. The number of imidazole rings is 1. The van der Waals surface area contributed by atoms with Crippen LogP contribution < -0.4 is 10.6 Å². The first-order chi connectivity index (χ1) is 18.9. The van der Waals surface area contributed by atoms with E-state index < -0.39 is 12.0 Å². The standard InChI is InChI=1S/C30H43N5O3S/c1-4-22(2)28(32-15-8-12-25-17-31-21-33-25)19-35(20-29(36)34-27(30(37)38)14-16-39-3)18-24-11-7-10-23-9-5-6-13-26(23)24/h5-7,9-11,13,17,21-22,27-28,32H,4,8,12,14-16,18-20H2,1-3H3,(H,31,33)(H,34,36)(H,37,38). The number of hydrogen-bond donors (Lipinski definition) is 4. The van der Waals surface area contributed by atoms with Gasteiger partial charge in [-0.25, -0.2) is 9.78 Å². The van der Waals surface area contributed by atoms with E-state index in [0.29, 0.717) is 31.2 Å². The van der Waals surface area contributed by atoms with Crippen molar-refractivity contribution in [3.05, 3.63) is 66.2 Å². The number of carboxylic acids is 1. The highest BCUT2D eigenvalue weighted by Crippen LogP contribution is 2.21. The Hall–Kier alpha value is -2.88. The van der Waals surface area contributed by atoms with Crippen molar-refractivity contribution in [2.24, 2.45) is 5.92 Å². The molecular formula is C30H43N5O3S. The number of carbonyl (C=O) groups is 2. The normalized spacial score (nSPS) is 13.8. The zero-order valence-corrected chi connectivity index (χ0v) is 24.2. The number of aromatic amines is 1. The first-order valence-electron chi connectivity index (χ1n) is 13.8. The second-order valence-electron chi connectivity index (χ2n) is 10.2. The van der Waals surface area contributed by atoms with Crippen LogP contribution in [0.4, 0.5) is 0 Å². The van der Waals surface area contributed by atoms with Gasteiger partial charge in [0.05, 0.1) is 12.9 Å². The van der Waals surface area contributed by atoms with Crippen LogP contribution in [0, 0.1) is 5.92 Å². The van der Waals surface area contributed by atoms with Gasteiger partial charge in [0.1, 0.15) is 6.04 Å². The Morgan fingerprint density at radius 1 is 1.18 bits per heavy atom. The lowest BCUT2D eigenvalue weighted by atomic mass is 9.97. The topological polar surface area (TPSA) is 110 Å². The third-order valence-electron chi connectivity index (χ3n) is 7.26. The fourth-order valence-corrected chi connectivity index (χ4v) is 5.26. The molecule has 1 amide bonds. The molecule has 212 valence electrons. The van der Waals surface area contributed by atoms with Crippen LogP contribution >= 0.6 is 11.8 Å². The van der Waals surface area contributed by atoms with E-state index in [9.17, 15) is 14.7 Å². The molecule has 0 aliphatic heterocycles. The lowest BCUT2D eigenvalue weighted by molar-refractivity contribution is -0.142. The quantitative estimate of drug-likeness (QED) is 0.174. The highest BCUT2D eigenvalue weighted by Gasteiger charge is 2.24. The maximum atomic E-state index is 13.1. The number of carboxylic acid groups (broad SMARTS) is 1. The van der Waals surface area contributed by atoms with Gasteiger partial charge in [-0.05, 0) is 60.1 Å². The summed E-state index contributed by atoms with van der Waals surface area (Å²) in [6.45, 7) is 6.70. The predicted octanol–water partition coefficient (Wildman–Crippen LogP) is 4.32. The number of aromatic nitrogens is 2. The number of nitrogens with one attached hydrogen (secondary N) is 3. The van der Waals surface area contributed by atoms with Gasteiger partial charge in [-0.15, -0.1) is 0 Å². The minimum atomic E-state index is -0.991. The second-order valence-corrected chi connectivity index (χ2v) is 11.2. The average molecular weight is 554 g/mol. The molecule has 39 heavy (non-hydrogen) atoms. The Labute approximate surface area is 236 Å². The Morgan fingerprint density at radius 2 is 1.97 bits per heavy atom. The van der Waals surface area contributed by atoms with Crippen LogP contribution in [0.5, 0.6) is 0 Å². The minimum absolute atomic E-state index is 0.134. The number of nitrogens with zero attached hydrogens (tertiary/aromatic N) is 2. The molecule has 0 aliphatic carbocycles. The summed E-state index contributed by atoms with van der Waals surface area (Å²) in [6.07, 6.45) is 8.83. The summed E-state index contributed by atoms with van der Waals surface area (Å²) < 4.78 is 0. The van der Waals surface area contributed by atoms with E-state index >= 15 is 0 Å². The Balaban J connectivity index is 1.74. The second kappa shape index (κ2) is 16.3. The molecule has 9 heteroatoms. The molecule has 0 bridgehead atoms. The number of benzene rings is 2. The molecule has 4 N–H and O–H groups in total. The van der Waals surface area contributed by atoms with Crippen molar-refractivity contribution in [2.75, 3.05) is 31.6 Å². The lowest BCUT2D eigenvalue weighted by Crippen LogP contribution is -2.50. The highest BCUT2D eigenvalue weighted by molar-refractivity contribution is 7.98. The maximum absolute atomic E-state index is 13.1. The first kappa shape index (κ1) is 30.7. The molecule has 3 unspecified atom stereocenters. The highest BCUT2D eigenvalue weighted by atomic mass is 32.2. The van der Waals surface area contributed by atoms with Gasteiger partial charge in [0.2, 0.25) is 5.91 Å². The van der Waals surface area contributed by atoms with Crippen LogP contribution in [0.3, 0.4) is 0 Å². The zero-order chi connectivity index (χ0) is 28.0. The fraction of sp³-hybridized carbons (Fsp3) is 0.500.